The highest BCUT2D eigenvalue weighted by Crippen LogP contribution is 2.42. The average molecular weight is 500 g/mol. The van der Waals surface area contributed by atoms with Crippen molar-refractivity contribution in [1.29, 1.82) is 0 Å². The second-order valence-corrected chi connectivity index (χ2v) is 10.9. The van der Waals surface area contributed by atoms with E-state index in [0.29, 0.717) is 33.5 Å². The molecule has 0 bridgehead atoms. The van der Waals surface area contributed by atoms with Gasteiger partial charge in [0.2, 0.25) is 10.0 Å². The minimum Gasteiger partial charge on any atom is -0.455 e. The van der Waals surface area contributed by atoms with Gasteiger partial charge in [0.05, 0.1) is 30.2 Å². The number of benzene rings is 2. The molecule has 0 aliphatic carbocycles. The number of carbonyl (C=O) groups excluding carboxylic acids is 2. The van der Waals surface area contributed by atoms with Gasteiger partial charge in [-0.05, 0) is 19.9 Å². The van der Waals surface area contributed by atoms with E-state index < -0.39 is 22.2 Å². The van der Waals surface area contributed by atoms with Crippen LogP contribution in [0.2, 0.25) is 0 Å². The van der Waals surface area contributed by atoms with Gasteiger partial charge in [0.15, 0.2) is 6.10 Å². The Labute approximate surface area is 204 Å². The summed E-state index contributed by atoms with van der Waals surface area (Å²) in [6.07, 6.45) is -0.524. The zero-order chi connectivity index (χ0) is 25.7. The van der Waals surface area contributed by atoms with Crippen LogP contribution in [0.4, 0.5) is 5.69 Å². The third kappa shape index (κ3) is 4.51. The van der Waals surface area contributed by atoms with Crippen LogP contribution in [0.1, 0.15) is 34.5 Å². The number of nitrogens with one attached hydrogen (secondary N) is 1. The fourth-order valence-corrected chi connectivity index (χ4v) is 5.22. The lowest BCUT2D eigenvalue weighted by Crippen LogP contribution is -2.44. The summed E-state index contributed by atoms with van der Waals surface area (Å²) in [5.41, 5.74) is 3.39. The van der Waals surface area contributed by atoms with Crippen LogP contribution in [0.3, 0.4) is 0 Å². The van der Waals surface area contributed by atoms with Crippen molar-refractivity contribution in [3.63, 3.8) is 0 Å². The van der Waals surface area contributed by atoms with Crippen molar-refractivity contribution >= 4 is 38.5 Å². The molecular weight excluding hydrogens is 470 g/mol. The van der Waals surface area contributed by atoms with Crippen molar-refractivity contribution in [1.82, 2.24) is 10.2 Å². The molecule has 0 saturated carbocycles. The Morgan fingerprint density at radius 2 is 1.80 bits per heavy atom. The van der Waals surface area contributed by atoms with E-state index in [4.69, 9.17) is 9.15 Å². The number of hydrogen-bond donors (Lipinski definition) is 1. The monoisotopic (exact) mass is 499 g/mol. The maximum Gasteiger partial charge on any atom is 0.255 e. The minimum atomic E-state index is -3.77. The molecule has 2 unspecified atom stereocenters. The summed E-state index contributed by atoms with van der Waals surface area (Å²) in [5.74, 6) is -0.281. The Morgan fingerprint density at radius 3 is 2.37 bits per heavy atom. The van der Waals surface area contributed by atoms with Crippen LogP contribution in [0.15, 0.2) is 40.8 Å². The Kier molecular flexibility index (Phi) is 6.37. The molecule has 0 fully saturated rings. The smallest absolute Gasteiger partial charge is 0.255 e. The van der Waals surface area contributed by atoms with Crippen molar-refractivity contribution < 1.29 is 27.2 Å². The van der Waals surface area contributed by atoms with Gasteiger partial charge in [-0.1, -0.05) is 29.8 Å². The minimum absolute atomic E-state index is 0.174. The zero-order valence-electron chi connectivity index (χ0n) is 20.6. The van der Waals surface area contributed by atoms with Gasteiger partial charge in [-0.3, -0.25) is 13.9 Å². The second-order valence-electron chi connectivity index (χ2n) is 8.95. The first-order valence-corrected chi connectivity index (χ1v) is 13.0. The normalized spacial score (nSPS) is 18.2. The van der Waals surface area contributed by atoms with Crippen LogP contribution in [0.25, 0.3) is 22.3 Å². The van der Waals surface area contributed by atoms with E-state index in [-0.39, 0.29) is 18.4 Å². The molecule has 9 nitrogen and oxygen atoms in total. The van der Waals surface area contributed by atoms with Crippen LogP contribution in [-0.4, -0.2) is 65.2 Å². The Bertz CT molecular complexity index is 1410. The molecule has 186 valence electrons. The number of amides is 2. The highest BCUT2D eigenvalue weighted by atomic mass is 32.2. The lowest BCUT2D eigenvalue weighted by Gasteiger charge is -2.25. The highest BCUT2D eigenvalue weighted by molar-refractivity contribution is 7.92. The van der Waals surface area contributed by atoms with Crippen molar-refractivity contribution in [2.24, 2.45) is 0 Å². The molecule has 0 radical (unpaired) electrons. The molecular formula is C25H29N3O6S. The summed E-state index contributed by atoms with van der Waals surface area (Å²) in [7, 11) is 0.957. The average Bonchev–Trinajstić information content (AvgIpc) is 3.10. The van der Waals surface area contributed by atoms with E-state index in [0.717, 1.165) is 17.4 Å². The predicted molar refractivity (Wildman–Crippen MR) is 134 cm³/mol. The van der Waals surface area contributed by atoms with Gasteiger partial charge in [-0.2, -0.15) is 0 Å². The quantitative estimate of drug-likeness (QED) is 0.591. The summed E-state index contributed by atoms with van der Waals surface area (Å²) in [4.78, 5) is 27.0. The molecule has 2 aromatic carbocycles. The molecule has 2 atom stereocenters. The lowest BCUT2D eigenvalue weighted by atomic mass is 10.00. The molecule has 10 heteroatoms. The Hall–Kier alpha value is -3.37. The number of fused-ring (bicyclic) bond motifs is 2. The molecule has 2 heterocycles. The molecule has 1 N–H and O–H groups in total. The molecule has 35 heavy (non-hydrogen) atoms. The van der Waals surface area contributed by atoms with Crippen LogP contribution in [0.5, 0.6) is 0 Å². The first-order chi connectivity index (χ1) is 16.4. The maximum absolute atomic E-state index is 12.9. The van der Waals surface area contributed by atoms with Crippen molar-refractivity contribution in [3.8, 4) is 11.3 Å². The molecule has 2 amide bonds. The van der Waals surface area contributed by atoms with Gasteiger partial charge in [0, 0.05) is 43.7 Å². The number of carbonyl (C=O) groups is 2. The van der Waals surface area contributed by atoms with Gasteiger partial charge >= 0.3 is 0 Å². The summed E-state index contributed by atoms with van der Waals surface area (Å²) >= 11 is 0. The molecule has 3 aromatic rings. The molecule has 4 rings (SSSR count). The molecule has 1 aliphatic rings. The number of furan rings is 1. The third-order valence-electron chi connectivity index (χ3n) is 6.13. The van der Waals surface area contributed by atoms with E-state index in [9.17, 15) is 18.0 Å². The van der Waals surface area contributed by atoms with Crippen LogP contribution >= 0.6 is 0 Å². The van der Waals surface area contributed by atoms with E-state index in [1.165, 1.54) is 16.3 Å². The SMILES string of the molecule is CNC(=O)c1c(-c2ccc(C)cc2)oc2cc3c(cc12)C(C)OC(C(=O)N(C)C)CN3S(C)(=O)=O. The second kappa shape index (κ2) is 9.01. The van der Waals surface area contributed by atoms with Crippen LogP contribution < -0.4 is 9.62 Å². The van der Waals surface area contributed by atoms with Gasteiger partial charge in [0.25, 0.3) is 11.8 Å². The van der Waals surface area contributed by atoms with Crippen molar-refractivity contribution in [2.75, 3.05) is 38.2 Å². The van der Waals surface area contributed by atoms with E-state index in [1.807, 2.05) is 31.2 Å². The molecule has 0 saturated heterocycles. The number of sulfonamides is 1. The predicted octanol–water partition coefficient (Wildman–Crippen LogP) is 3.08. The number of hydrogen-bond acceptors (Lipinski definition) is 6. The van der Waals surface area contributed by atoms with Gasteiger partial charge in [-0.15, -0.1) is 0 Å². The Balaban J connectivity index is 1.97. The van der Waals surface area contributed by atoms with E-state index in [2.05, 4.69) is 5.32 Å². The van der Waals surface area contributed by atoms with E-state index >= 15 is 0 Å². The maximum atomic E-state index is 12.9. The number of aryl methyl sites for hydroxylation is 1. The number of likely N-dealkylation sites (N-methyl/N-ethyl adjacent to an activating group) is 1. The third-order valence-corrected chi connectivity index (χ3v) is 7.27. The summed E-state index contributed by atoms with van der Waals surface area (Å²) < 4.78 is 39.0. The van der Waals surface area contributed by atoms with Gasteiger partial charge in [0.1, 0.15) is 11.3 Å². The van der Waals surface area contributed by atoms with Gasteiger partial charge in [-0.25, -0.2) is 8.42 Å². The summed E-state index contributed by atoms with van der Waals surface area (Å²) in [5, 5.41) is 3.19. The number of nitrogens with zero attached hydrogens (tertiary/aromatic N) is 2. The highest BCUT2D eigenvalue weighted by Gasteiger charge is 2.37. The number of ether oxygens (including phenoxy) is 1. The van der Waals surface area contributed by atoms with Crippen molar-refractivity contribution in [2.45, 2.75) is 26.1 Å². The fraction of sp³-hybridized carbons (Fsp3) is 0.360. The summed E-state index contributed by atoms with van der Waals surface area (Å²) in [6, 6.07) is 10.9. The molecule has 1 aromatic heterocycles. The van der Waals surface area contributed by atoms with Crippen molar-refractivity contribution in [3.05, 3.63) is 53.1 Å². The fourth-order valence-electron chi connectivity index (χ4n) is 4.30. The number of anilines is 1. The number of rotatable bonds is 4. The first kappa shape index (κ1) is 24.7. The zero-order valence-corrected chi connectivity index (χ0v) is 21.4. The summed E-state index contributed by atoms with van der Waals surface area (Å²) in [6.45, 7) is 3.55. The van der Waals surface area contributed by atoms with E-state index in [1.54, 1.807) is 33.2 Å². The molecule has 1 aliphatic heterocycles. The Morgan fingerprint density at radius 1 is 1.14 bits per heavy atom. The van der Waals surface area contributed by atoms with Gasteiger partial charge < -0.3 is 19.4 Å². The van der Waals surface area contributed by atoms with Crippen LogP contribution in [0, 0.1) is 6.92 Å². The topological polar surface area (TPSA) is 109 Å². The largest absolute Gasteiger partial charge is 0.455 e. The lowest BCUT2D eigenvalue weighted by molar-refractivity contribution is -0.143. The standard InChI is InChI=1S/C25H29N3O6S/c1-14-7-9-16(10-8-14)23-22(24(29)26-3)18-11-17-15(2)33-21(25(30)27(4)5)13-28(35(6,31)32)19(17)12-20(18)34-23/h7-12,15,21H,13H2,1-6H3,(H,26,29). The molecule has 0 spiro atoms. The first-order valence-electron chi connectivity index (χ1n) is 11.2. The van der Waals surface area contributed by atoms with Crippen LogP contribution in [-0.2, 0) is 19.6 Å².